The minimum atomic E-state index is -0.289. The monoisotopic (exact) mass is 450 g/mol. The summed E-state index contributed by atoms with van der Waals surface area (Å²) in [4.78, 5) is 0. The molecule has 0 aliphatic carbocycles. The Hall–Kier alpha value is 0.240. The highest BCUT2D eigenvalue weighted by molar-refractivity contribution is 9.09. The van der Waals surface area contributed by atoms with Gasteiger partial charge in [-0.2, -0.15) is 0 Å². The molecule has 27 heavy (non-hydrogen) atoms. The van der Waals surface area contributed by atoms with Gasteiger partial charge >= 0.3 is 0 Å². The lowest BCUT2D eigenvalue weighted by molar-refractivity contribution is -0.228. The van der Waals surface area contributed by atoms with Gasteiger partial charge in [0.15, 0.2) is 18.9 Å². The van der Waals surface area contributed by atoms with Crippen LogP contribution in [0.25, 0.3) is 0 Å². The highest BCUT2D eigenvalue weighted by Gasteiger charge is 2.35. The number of rotatable bonds is 10. The van der Waals surface area contributed by atoms with Crippen molar-refractivity contribution in [2.24, 2.45) is 5.41 Å². The zero-order valence-corrected chi connectivity index (χ0v) is 18.0. The lowest BCUT2D eigenvalue weighted by atomic mass is 9.94. The topological polar surface area (TPSA) is 55.4 Å². The Morgan fingerprint density at radius 2 is 1.00 bits per heavy atom. The van der Waals surface area contributed by atoms with Crippen molar-refractivity contribution in [3.05, 3.63) is 0 Å². The third kappa shape index (κ3) is 7.53. The van der Waals surface area contributed by atoms with Crippen molar-refractivity contribution in [2.45, 2.75) is 76.7 Å². The van der Waals surface area contributed by atoms with Crippen LogP contribution >= 0.6 is 15.9 Å². The van der Waals surface area contributed by atoms with Crippen LogP contribution in [0.4, 0.5) is 0 Å². The molecule has 6 nitrogen and oxygen atoms in total. The van der Waals surface area contributed by atoms with E-state index in [0.29, 0.717) is 19.8 Å². The van der Waals surface area contributed by atoms with Crippen molar-refractivity contribution in [2.75, 3.05) is 45.0 Å². The van der Waals surface area contributed by atoms with E-state index < -0.39 is 0 Å². The van der Waals surface area contributed by atoms with Crippen molar-refractivity contribution < 1.29 is 28.4 Å². The Labute approximate surface area is 171 Å². The predicted molar refractivity (Wildman–Crippen MR) is 105 cm³/mol. The zero-order chi connectivity index (χ0) is 18.8. The van der Waals surface area contributed by atoms with E-state index in [1.165, 1.54) is 0 Å². The Morgan fingerprint density at radius 1 is 0.630 bits per heavy atom. The molecule has 0 N–H and O–H groups in total. The Balaban J connectivity index is 1.53. The number of ether oxygens (including phenoxy) is 6. The average molecular weight is 451 g/mol. The van der Waals surface area contributed by atoms with Crippen molar-refractivity contribution in [1.82, 2.24) is 0 Å². The fourth-order valence-corrected chi connectivity index (χ4v) is 4.06. The van der Waals surface area contributed by atoms with E-state index in [1.54, 1.807) is 0 Å². The van der Waals surface area contributed by atoms with Crippen molar-refractivity contribution in [1.29, 1.82) is 0 Å². The van der Waals surface area contributed by atoms with E-state index >= 15 is 0 Å². The molecule has 0 radical (unpaired) electrons. The molecule has 3 unspecified atom stereocenters. The second-order valence-corrected chi connectivity index (χ2v) is 8.52. The summed E-state index contributed by atoms with van der Waals surface area (Å²) in [6, 6.07) is 0. The van der Waals surface area contributed by atoms with Gasteiger partial charge in [-0.05, 0) is 57.8 Å². The normalized spacial score (nSPS) is 32.1. The van der Waals surface area contributed by atoms with Gasteiger partial charge in [0.05, 0.1) is 25.2 Å². The third-order valence-corrected chi connectivity index (χ3v) is 6.61. The predicted octanol–water partition coefficient (Wildman–Crippen LogP) is 4.00. The molecule has 3 aliphatic rings. The Morgan fingerprint density at radius 3 is 1.26 bits per heavy atom. The van der Waals surface area contributed by atoms with Crippen molar-refractivity contribution in [3.8, 4) is 0 Å². The maximum Gasteiger partial charge on any atom is 0.157 e. The first-order valence-electron chi connectivity index (χ1n) is 10.6. The molecule has 0 bridgehead atoms. The smallest absolute Gasteiger partial charge is 0.157 e. The summed E-state index contributed by atoms with van der Waals surface area (Å²) in [5.41, 5.74) is -0.289. The summed E-state index contributed by atoms with van der Waals surface area (Å²) in [5.74, 6) is 0. The fourth-order valence-electron chi connectivity index (χ4n) is 3.58. The summed E-state index contributed by atoms with van der Waals surface area (Å²) >= 11 is 3.69. The largest absolute Gasteiger partial charge is 0.353 e. The molecule has 0 aromatic carbocycles. The van der Waals surface area contributed by atoms with Gasteiger partial charge in [-0.15, -0.1) is 0 Å². The number of hydrogen-bond donors (Lipinski definition) is 0. The van der Waals surface area contributed by atoms with Gasteiger partial charge in [-0.25, -0.2) is 0 Å². The summed E-state index contributed by atoms with van der Waals surface area (Å²) < 4.78 is 35.6. The van der Waals surface area contributed by atoms with Crippen LogP contribution in [0.2, 0.25) is 0 Å². The van der Waals surface area contributed by atoms with E-state index in [1.807, 2.05) is 0 Å². The van der Waals surface area contributed by atoms with Gasteiger partial charge in [-0.1, -0.05) is 15.9 Å². The van der Waals surface area contributed by atoms with Gasteiger partial charge in [0, 0.05) is 25.2 Å². The molecule has 7 heteroatoms. The van der Waals surface area contributed by atoms with Gasteiger partial charge < -0.3 is 28.4 Å². The molecular formula is C20H35BrO6. The van der Waals surface area contributed by atoms with Crippen molar-refractivity contribution in [3.63, 3.8) is 0 Å². The maximum atomic E-state index is 6.13. The SMILES string of the molecule is BrCC(COC1CCCCO1)(COC1CCCCO1)COC1CCCCO1. The number of halogens is 1. The molecule has 0 aromatic rings. The summed E-state index contributed by atoms with van der Waals surface area (Å²) in [7, 11) is 0. The number of hydrogen-bond acceptors (Lipinski definition) is 6. The van der Waals surface area contributed by atoms with Crippen LogP contribution in [0, 0.1) is 5.41 Å². The van der Waals surface area contributed by atoms with E-state index in [-0.39, 0.29) is 24.3 Å². The average Bonchev–Trinajstić information content (AvgIpc) is 2.76. The second-order valence-electron chi connectivity index (χ2n) is 7.96. The quantitative estimate of drug-likeness (QED) is 0.468. The van der Waals surface area contributed by atoms with Crippen LogP contribution in [-0.4, -0.2) is 63.8 Å². The standard InChI is InChI=1S/C20H35BrO6/c21-13-20(14-25-17-7-1-4-10-22-17,15-26-18-8-2-5-11-23-18)16-27-19-9-3-6-12-24-19/h17-19H,1-16H2. The summed E-state index contributed by atoms with van der Waals surface area (Å²) in [6.07, 6.45) is 9.35. The second kappa shape index (κ2) is 12.1. The molecule has 0 spiro atoms. The van der Waals surface area contributed by atoms with E-state index in [0.717, 1.165) is 82.9 Å². The molecule has 3 aliphatic heterocycles. The number of alkyl halides is 1. The lowest BCUT2D eigenvalue weighted by Gasteiger charge is -2.36. The van der Waals surface area contributed by atoms with Crippen LogP contribution in [0.3, 0.4) is 0 Å². The Bertz CT molecular complexity index is 337. The first kappa shape index (κ1) is 21.9. The third-order valence-electron chi connectivity index (χ3n) is 5.42. The molecule has 0 amide bonds. The van der Waals surface area contributed by atoms with E-state index in [9.17, 15) is 0 Å². The van der Waals surface area contributed by atoms with Gasteiger partial charge in [0.1, 0.15) is 0 Å². The summed E-state index contributed by atoms with van der Waals surface area (Å²) in [5, 5.41) is 0.728. The maximum absolute atomic E-state index is 6.13. The van der Waals surface area contributed by atoms with Crippen LogP contribution in [0.5, 0.6) is 0 Å². The molecule has 3 rings (SSSR count). The van der Waals surface area contributed by atoms with Crippen molar-refractivity contribution >= 4 is 15.9 Å². The Kier molecular flexibility index (Phi) is 9.79. The van der Waals surface area contributed by atoms with Crippen LogP contribution < -0.4 is 0 Å². The summed E-state index contributed by atoms with van der Waals surface area (Å²) in [6.45, 7) is 3.94. The molecule has 0 aromatic heterocycles. The molecule has 158 valence electrons. The van der Waals surface area contributed by atoms with Gasteiger partial charge in [0.25, 0.3) is 0 Å². The highest BCUT2D eigenvalue weighted by Crippen LogP contribution is 2.28. The molecule has 3 saturated heterocycles. The molecule has 3 fully saturated rings. The minimum Gasteiger partial charge on any atom is -0.353 e. The zero-order valence-electron chi connectivity index (χ0n) is 16.4. The molecule has 0 saturated carbocycles. The lowest BCUT2D eigenvalue weighted by Crippen LogP contribution is -2.43. The van der Waals surface area contributed by atoms with E-state index in [2.05, 4.69) is 15.9 Å². The van der Waals surface area contributed by atoms with Gasteiger partial charge in [0.2, 0.25) is 0 Å². The van der Waals surface area contributed by atoms with Crippen LogP contribution in [-0.2, 0) is 28.4 Å². The van der Waals surface area contributed by atoms with E-state index in [4.69, 9.17) is 28.4 Å². The van der Waals surface area contributed by atoms with Crippen LogP contribution in [0.15, 0.2) is 0 Å². The molecule has 3 heterocycles. The van der Waals surface area contributed by atoms with Gasteiger partial charge in [-0.3, -0.25) is 0 Å². The van der Waals surface area contributed by atoms with Crippen LogP contribution in [0.1, 0.15) is 57.8 Å². The molecule has 3 atom stereocenters. The highest BCUT2D eigenvalue weighted by atomic mass is 79.9. The first-order chi connectivity index (χ1) is 13.3. The minimum absolute atomic E-state index is 0.117. The first-order valence-corrected chi connectivity index (χ1v) is 11.7. The molecular weight excluding hydrogens is 416 g/mol. The fraction of sp³-hybridized carbons (Fsp3) is 1.00.